The number of ether oxygens (including phenoxy) is 2. The van der Waals surface area contributed by atoms with E-state index in [9.17, 15) is 8.78 Å². The Morgan fingerprint density at radius 2 is 1.36 bits per heavy atom. The SMILES string of the molecule is CCOc1ccc(OCC2CCC(C3CC3)CC2)c(F)c1F. The first-order valence-electron chi connectivity index (χ1n) is 8.42. The molecule has 0 spiro atoms. The predicted molar refractivity (Wildman–Crippen MR) is 81.2 cm³/mol. The molecular weight excluding hydrogens is 286 g/mol. The summed E-state index contributed by atoms with van der Waals surface area (Å²) in [5.41, 5.74) is 0. The first kappa shape index (κ1) is 15.6. The molecule has 2 fully saturated rings. The maximum absolute atomic E-state index is 13.9. The molecule has 0 aliphatic heterocycles. The van der Waals surface area contributed by atoms with Crippen molar-refractivity contribution in [1.29, 1.82) is 0 Å². The highest BCUT2D eigenvalue weighted by Crippen LogP contribution is 2.45. The van der Waals surface area contributed by atoms with Gasteiger partial charge in [0, 0.05) is 0 Å². The largest absolute Gasteiger partial charge is 0.491 e. The molecule has 4 heteroatoms. The molecule has 2 aliphatic carbocycles. The van der Waals surface area contributed by atoms with Crippen molar-refractivity contribution in [3.05, 3.63) is 23.8 Å². The highest BCUT2D eigenvalue weighted by molar-refractivity contribution is 5.35. The first-order chi connectivity index (χ1) is 10.7. The molecule has 0 saturated heterocycles. The Labute approximate surface area is 130 Å². The summed E-state index contributed by atoms with van der Waals surface area (Å²) in [7, 11) is 0. The van der Waals surface area contributed by atoms with E-state index in [1.165, 1.54) is 37.8 Å². The fourth-order valence-electron chi connectivity index (χ4n) is 3.49. The van der Waals surface area contributed by atoms with Crippen LogP contribution in [0.4, 0.5) is 8.78 Å². The van der Waals surface area contributed by atoms with E-state index in [4.69, 9.17) is 9.47 Å². The number of benzene rings is 1. The van der Waals surface area contributed by atoms with Gasteiger partial charge in [-0.3, -0.25) is 0 Å². The van der Waals surface area contributed by atoms with Crippen LogP contribution < -0.4 is 9.47 Å². The van der Waals surface area contributed by atoms with Gasteiger partial charge in [-0.25, -0.2) is 0 Å². The van der Waals surface area contributed by atoms with Gasteiger partial charge in [0.15, 0.2) is 11.5 Å². The van der Waals surface area contributed by atoms with Crippen LogP contribution in [0.3, 0.4) is 0 Å². The lowest BCUT2D eigenvalue weighted by atomic mass is 9.80. The normalized spacial score (nSPS) is 25.0. The molecule has 1 aromatic carbocycles. The van der Waals surface area contributed by atoms with Crippen molar-refractivity contribution in [2.45, 2.75) is 45.4 Å². The van der Waals surface area contributed by atoms with Gasteiger partial charge >= 0.3 is 0 Å². The van der Waals surface area contributed by atoms with Crippen LogP contribution in [0.1, 0.15) is 45.4 Å². The van der Waals surface area contributed by atoms with Crippen molar-refractivity contribution in [2.24, 2.45) is 17.8 Å². The van der Waals surface area contributed by atoms with E-state index in [1.54, 1.807) is 6.92 Å². The summed E-state index contributed by atoms with van der Waals surface area (Å²) in [5, 5.41) is 0. The molecular formula is C18H24F2O2. The third kappa shape index (κ3) is 3.53. The van der Waals surface area contributed by atoms with Crippen molar-refractivity contribution < 1.29 is 18.3 Å². The Bertz CT molecular complexity index is 506. The van der Waals surface area contributed by atoms with Crippen LogP contribution in [-0.2, 0) is 0 Å². The molecule has 1 aromatic rings. The average molecular weight is 310 g/mol. The van der Waals surface area contributed by atoms with Crippen LogP contribution in [0.25, 0.3) is 0 Å². The second kappa shape index (κ2) is 6.84. The first-order valence-corrected chi connectivity index (χ1v) is 8.42. The van der Waals surface area contributed by atoms with Crippen LogP contribution in [0.5, 0.6) is 11.5 Å². The van der Waals surface area contributed by atoms with E-state index in [2.05, 4.69) is 0 Å². The van der Waals surface area contributed by atoms with Crippen molar-refractivity contribution in [3.63, 3.8) is 0 Å². The second-order valence-corrected chi connectivity index (χ2v) is 6.55. The molecule has 0 aromatic heterocycles. The zero-order valence-corrected chi connectivity index (χ0v) is 13.1. The number of hydrogen-bond donors (Lipinski definition) is 0. The molecule has 0 N–H and O–H groups in total. The minimum absolute atomic E-state index is 0.00901. The average Bonchev–Trinajstić information content (AvgIpc) is 3.37. The molecule has 0 amide bonds. The lowest BCUT2D eigenvalue weighted by molar-refractivity contribution is 0.169. The summed E-state index contributed by atoms with van der Waals surface area (Å²) < 4.78 is 38.3. The van der Waals surface area contributed by atoms with Gasteiger partial charge in [-0.1, -0.05) is 0 Å². The van der Waals surface area contributed by atoms with Gasteiger partial charge in [-0.2, -0.15) is 8.78 Å². The maximum Gasteiger partial charge on any atom is 0.204 e. The van der Waals surface area contributed by atoms with E-state index in [0.717, 1.165) is 24.7 Å². The Hall–Kier alpha value is -1.32. The molecule has 2 nitrogen and oxygen atoms in total. The van der Waals surface area contributed by atoms with Crippen LogP contribution >= 0.6 is 0 Å². The zero-order chi connectivity index (χ0) is 15.5. The fraction of sp³-hybridized carbons (Fsp3) is 0.667. The van der Waals surface area contributed by atoms with Gasteiger partial charge in [0.05, 0.1) is 13.2 Å². The number of halogens is 2. The summed E-state index contributed by atoms with van der Waals surface area (Å²) in [6, 6.07) is 2.89. The molecule has 3 rings (SSSR count). The van der Waals surface area contributed by atoms with Crippen LogP contribution in [0.2, 0.25) is 0 Å². The van der Waals surface area contributed by atoms with Gasteiger partial charge in [0.1, 0.15) is 0 Å². The smallest absolute Gasteiger partial charge is 0.204 e. The lowest BCUT2D eigenvalue weighted by Gasteiger charge is -2.28. The Kier molecular flexibility index (Phi) is 4.84. The van der Waals surface area contributed by atoms with Gasteiger partial charge in [0.25, 0.3) is 0 Å². The second-order valence-electron chi connectivity index (χ2n) is 6.55. The van der Waals surface area contributed by atoms with Gasteiger partial charge in [-0.15, -0.1) is 0 Å². The molecule has 0 unspecified atom stereocenters. The Balaban J connectivity index is 1.52. The van der Waals surface area contributed by atoms with Gasteiger partial charge < -0.3 is 9.47 Å². The fourth-order valence-corrected chi connectivity index (χ4v) is 3.49. The minimum atomic E-state index is -0.961. The van der Waals surface area contributed by atoms with Crippen molar-refractivity contribution >= 4 is 0 Å². The van der Waals surface area contributed by atoms with Gasteiger partial charge in [-0.05, 0) is 75.3 Å². The van der Waals surface area contributed by atoms with E-state index < -0.39 is 11.6 Å². The molecule has 0 radical (unpaired) electrons. The molecule has 122 valence electrons. The predicted octanol–water partition coefficient (Wildman–Crippen LogP) is 4.96. The summed E-state index contributed by atoms with van der Waals surface area (Å²) in [6.45, 7) is 2.52. The van der Waals surface area contributed by atoms with Gasteiger partial charge in [0.2, 0.25) is 11.6 Å². The summed E-state index contributed by atoms with van der Waals surface area (Å²) >= 11 is 0. The van der Waals surface area contributed by atoms with E-state index in [1.807, 2.05) is 0 Å². The quantitative estimate of drug-likeness (QED) is 0.739. The van der Waals surface area contributed by atoms with E-state index in [-0.39, 0.29) is 11.5 Å². The summed E-state index contributed by atoms with van der Waals surface area (Å²) in [6.07, 6.45) is 7.62. The molecule has 0 heterocycles. The zero-order valence-electron chi connectivity index (χ0n) is 13.1. The van der Waals surface area contributed by atoms with Crippen molar-refractivity contribution in [2.75, 3.05) is 13.2 Å². The van der Waals surface area contributed by atoms with Crippen LogP contribution in [-0.4, -0.2) is 13.2 Å². The Morgan fingerprint density at radius 3 is 1.86 bits per heavy atom. The highest BCUT2D eigenvalue weighted by Gasteiger charge is 2.34. The van der Waals surface area contributed by atoms with E-state index in [0.29, 0.717) is 19.1 Å². The molecule has 22 heavy (non-hydrogen) atoms. The highest BCUT2D eigenvalue weighted by atomic mass is 19.2. The number of rotatable bonds is 6. The monoisotopic (exact) mass is 310 g/mol. The third-order valence-electron chi connectivity index (χ3n) is 4.97. The molecule has 0 bridgehead atoms. The third-order valence-corrected chi connectivity index (χ3v) is 4.97. The molecule has 0 atom stereocenters. The maximum atomic E-state index is 13.9. The Morgan fingerprint density at radius 1 is 0.864 bits per heavy atom. The topological polar surface area (TPSA) is 18.5 Å². The lowest BCUT2D eigenvalue weighted by Crippen LogP contribution is -2.21. The van der Waals surface area contributed by atoms with Crippen molar-refractivity contribution in [1.82, 2.24) is 0 Å². The van der Waals surface area contributed by atoms with Crippen LogP contribution in [0.15, 0.2) is 12.1 Å². The number of hydrogen-bond acceptors (Lipinski definition) is 2. The minimum Gasteiger partial charge on any atom is -0.491 e. The molecule has 2 saturated carbocycles. The van der Waals surface area contributed by atoms with E-state index >= 15 is 0 Å². The summed E-state index contributed by atoms with van der Waals surface area (Å²) in [5.74, 6) is 0.358. The van der Waals surface area contributed by atoms with Crippen molar-refractivity contribution in [3.8, 4) is 11.5 Å². The standard InChI is InChI=1S/C18H24F2O2/c1-2-21-15-9-10-16(18(20)17(15)19)22-11-12-3-5-13(6-4-12)14-7-8-14/h9-10,12-14H,2-8,11H2,1H3. The molecule has 2 aliphatic rings. The summed E-state index contributed by atoms with van der Waals surface area (Å²) in [4.78, 5) is 0. The van der Waals surface area contributed by atoms with Crippen LogP contribution in [0, 0.1) is 29.4 Å².